The molecule has 122 valence electrons. The Bertz CT molecular complexity index is 685. The SMILES string of the molecule is Cc1[nH]ccc1C(=O)N(Cc1ccsc1)C1CC12CCNCC2. The van der Waals surface area contributed by atoms with Crippen molar-refractivity contribution in [1.29, 1.82) is 0 Å². The van der Waals surface area contributed by atoms with Crippen LogP contribution in [0.2, 0.25) is 0 Å². The Hall–Kier alpha value is -1.59. The van der Waals surface area contributed by atoms with Gasteiger partial charge >= 0.3 is 0 Å². The summed E-state index contributed by atoms with van der Waals surface area (Å²) in [7, 11) is 0. The van der Waals surface area contributed by atoms with E-state index in [9.17, 15) is 4.79 Å². The van der Waals surface area contributed by atoms with Crippen LogP contribution in [0.15, 0.2) is 29.1 Å². The molecule has 1 amide bonds. The normalized spacial score (nSPS) is 22.2. The van der Waals surface area contributed by atoms with Gasteiger partial charge in [0.05, 0.1) is 5.56 Å². The molecule has 2 fully saturated rings. The molecule has 2 aromatic rings. The van der Waals surface area contributed by atoms with Gasteiger partial charge in [0, 0.05) is 24.5 Å². The average Bonchev–Trinajstić information content (AvgIpc) is 2.97. The summed E-state index contributed by atoms with van der Waals surface area (Å²) in [6, 6.07) is 4.44. The number of amides is 1. The van der Waals surface area contributed by atoms with E-state index >= 15 is 0 Å². The summed E-state index contributed by atoms with van der Waals surface area (Å²) in [5.74, 6) is 0.176. The van der Waals surface area contributed by atoms with E-state index in [4.69, 9.17) is 0 Å². The van der Waals surface area contributed by atoms with Gasteiger partial charge in [-0.2, -0.15) is 11.3 Å². The molecule has 1 unspecified atom stereocenters. The minimum atomic E-state index is 0.176. The molecule has 1 atom stereocenters. The number of aromatic nitrogens is 1. The predicted octanol–water partition coefficient (Wildman–Crippen LogP) is 3.17. The predicted molar refractivity (Wildman–Crippen MR) is 92.7 cm³/mol. The van der Waals surface area contributed by atoms with Crippen molar-refractivity contribution in [3.63, 3.8) is 0 Å². The molecule has 1 spiro atoms. The zero-order chi connectivity index (χ0) is 15.9. The first-order valence-electron chi connectivity index (χ1n) is 8.36. The highest BCUT2D eigenvalue weighted by molar-refractivity contribution is 7.07. The van der Waals surface area contributed by atoms with E-state index in [0.717, 1.165) is 37.3 Å². The summed E-state index contributed by atoms with van der Waals surface area (Å²) in [4.78, 5) is 18.4. The molecule has 2 aliphatic rings. The number of rotatable bonds is 4. The van der Waals surface area contributed by atoms with Crippen molar-refractivity contribution in [3.05, 3.63) is 45.9 Å². The van der Waals surface area contributed by atoms with Gasteiger partial charge in [-0.15, -0.1) is 0 Å². The van der Waals surface area contributed by atoms with Crippen molar-refractivity contribution >= 4 is 17.2 Å². The molecule has 4 nitrogen and oxygen atoms in total. The van der Waals surface area contributed by atoms with Gasteiger partial charge in [-0.25, -0.2) is 0 Å². The lowest BCUT2D eigenvalue weighted by Gasteiger charge is -2.29. The topological polar surface area (TPSA) is 48.1 Å². The molecule has 1 aliphatic heterocycles. The number of carbonyl (C=O) groups is 1. The zero-order valence-electron chi connectivity index (χ0n) is 13.5. The van der Waals surface area contributed by atoms with Crippen LogP contribution in [0.5, 0.6) is 0 Å². The van der Waals surface area contributed by atoms with Gasteiger partial charge in [0.25, 0.3) is 5.91 Å². The first-order chi connectivity index (χ1) is 11.2. The maximum absolute atomic E-state index is 13.2. The standard InChI is InChI=1S/C18H23N3OS/c1-13-15(2-6-20-13)17(22)21(11-14-3-9-23-12-14)16-10-18(16)4-7-19-8-5-18/h2-3,6,9,12,16,19-20H,4-5,7-8,10-11H2,1H3. The molecule has 0 bridgehead atoms. The van der Waals surface area contributed by atoms with Crippen LogP contribution in [0.25, 0.3) is 0 Å². The highest BCUT2D eigenvalue weighted by atomic mass is 32.1. The smallest absolute Gasteiger partial charge is 0.256 e. The molecule has 1 saturated carbocycles. The van der Waals surface area contributed by atoms with E-state index in [-0.39, 0.29) is 5.91 Å². The minimum Gasteiger partial charge on any atom is -0.365 e. The summed E-state index contributed by atoms with van der Waals surface area (Å²) in [5, 5.41) is 7.69. The number of aryl methyl sites for hydroxylation is 1. The van der Waals surface area contributed by atoms with Gasteiger partial charge in [-0.05, 0) is 73.1 Å². The molecule has 3 heterocycles. The van der Waals surface area contributed by atoms with E-state index in [0.29, 0.717) is 11.5 Å². The Kier molecular flexibility index (Phi) is 3.77. The first kappa shape index (κ1) is 15.0. The number of aromatic amines is 1. The highest BCUT2D eigenvalue weighted by Gasteiger charge is 2.57. The van der Waals surface area contributed by atoms with Crippen molar-refractivity contribution in [1.82, 2.24) is 15.2 Å². The molecule has 0 radical (unpaired) electrons. The Morgan fingerprint density at radius 3 is 2.87 bits per heavy atom. The fourth-order valence-electron chi connectivity index (χ4n) is 3.97. The van der Waals surface area contributed by atoms with E-state index in [1.54, 1.807) is 11.3 Å². The second-order valence-electron chi connectivity index (χ2n) is 6.91. The molecule has 2 aromatic heterocycles. The van der Waals surface area contributed by atoms with E-state index in [1.165, 1.54) is 18.4 Å². The highest BCUT2D eigenvalue weighted by Crippen LogP contribution is 2.56. The van der Waals surface area contributed by atoms with Crippen molar-refractivity contribution in [2.24, 2.45) is 5.41 Å². The summed E-state index contributed by atoms with van der Waals surface area (Å²) >= 11 is 1.70. The summed E-state index contributed by atoms with van der Waals surface area (Å²) < 4.78 is 0. The molecule has 5 heteroatoms. The van der Waals surface area contributed by atoms with Crippen LogP contribution >= 0.6 is 11.3 Å². The molecule has 4 rings (SSSR count). The van der Waals surface area contributed by atoms with Crippen LogP contribution in [-0.4, -0.2) is 34.9 Å². The van der Waals surface area contributed by atoms with Crippen LogP contribution in [0.4, 0.5) is 0 Å². The number of H-pyrrole nitrogens is 1. The molecule has 2 N–H and O–H groups in total. The number of nitrogens with one attached hydrogen (secondary N) is 2. The Morgan fingerprint density at radius 1 is 1.39 bits per heavy atom. The van der Waals surface area contributed by atoms with Gasteiger partial charge < -0.3 is 15.2 Å². The fourth-order valence-corrected chi connectivity index (χ4v) is 4.63. The largest absolute Gasteiger partial charge is 0.365 e. The minimum absolute atomic E-state index is 0.176. The lowest BCUT2D eigenvalue weighted by Crippen LogP contribution is -2.39. The second-order valence-corrected chi connectivity index (χ2v) is 7.69. The molecule has 0 aromatic carbocycles. The van der Waals surface area contributed by atoms with Crippen LogP contribution in [0.1, 0.15) is 40.9 Å². The van der Waals surface area contributed by atoms with E-state index < -0.39 is 0 Å². The third-order valence-electron chi connectivity index (χ3n) is 5.50. The molecule has 23 heavy (non-hydrogen) atoms. The van der Waals surface area contributed by atoms with Gasteiger partial charge in [-0.3, -0.25) is 4.79 Å². The first-order valence-corrected chi connectivity index (χ1v) is 9.31. The van der Waals surface area contributed by atoms with Gasteiger partial charge in [0.2, 0.25) is 0 Å². The van der Waals surface area contributed by atoms with Crippen molar-refractivity contribution < 1.29 is 4.79 Å². The van der Waals surface area contributed by atoms with Crippen LogP contribution in [0.3, 0.4) is 0 Å². The number of nitrogens with zero attached hydrogens (tertiary/aromatic N) is 1. The maximum atomic E-state index is 13.2. The van der Waals surface area contributed by atoms with Gasteiger partial charge in [0.1, 0.15) is 0 Å². The van der Waals surface area contributed by atoms with Crippen molar-refractivity contribution in [3.8, 4) is 0 Å². The lowest BCUT2D eigenvalue weighted by molar-refractivity contribution is 0.0692. The van der Waals surface area contributed by atoms with Gasteiger partial charge in [0.15, 0.2) is 0 Å². The summed E-state index contributed by atoms with van der Waals surface area (Å²) in [5.41, 5.74) is 3.38. The number of piperidine rings is 1. The number of carbonyl (C=O) groups excluding carboxylic acids is 1. The average molecular weight is 329 g/mol. The maximum Gasteiger partial charge on any atom is 0.256 e. The quantitative estimate of drug-likeness (QED) is 0.905. The van der Waals surface area contributed by atoms with Gasteiger partial charge in [-0.1, -0.05) is 0 Å². The van der Waals surface area contributed by atoms with Crippen LogP contribution < -0.4 is 5.32 Å². The zero-order valence-corrected chi connectivity index (χ0v) is 14.3. The number of hydrogen-bond acceptors (Lipinski definition) is 3. The summed E-state index contributed by atoms with van der Waals surface area (Å²) in [6.07, 6.45) is 5.40. The molecular formula is C18H23N3OS. The fraction of sp³-hybridized carbons (Fsp3) is 0.500. The Balaban J connectivity index is 1.59. The third-order valence-corrected chi connectivity index (χ3v) is 6.23. The summed E-state index contributed by atoms with van der Waals surface area (Å²) in [6.45, 7) is 4.87. The molecule has 1 saturated heterocycles. The second kappa shape index (κ2) is 5.80. The molecule has 1 aliphatic carbocycles. The lowest BCUT2D eigenvalue weighted by atomic mass is 9.93. The Morgan fingerprint density at radius 2 is 2.22 bits per heavy atom. The molecular weight excluding hydrogens is 306 g/mol. The van der Waals surface area contributed by atoms with Crippen molar-refractivity contribution in [2.75, 3.05) is 13.1 Å². The van der Waals surface area contributed by atoms with Crippen LogP contribution in [-0.2, 0) is 6.54 Å². The van der Waals surface area contributed by atoms with E-state index in [2.05, 4.69) is 32.0 Å². The van der Waals surface area contributed by atoms with E-state index in [1.807, 2.05) is 19.2 Å². The number of hydrogen-bond donors (Lipinski definition) is 2. The Labute approximate surface area is 140 Å². The monoisotopic (exact) mass is 329 g/mol. The number of thiophene rings is 1. The van der Waals surface area contributed by atoms with Crippen molar-refractivity contribution in [2.45, 2.75) is 38.8 Å². The van der Waals surface area contributed by atoms with Crippen LogP contribution in [0, 0.1) is 12.3 Å². The third kappa shape index (κ3) is 2.72.